The topological polar surface area (TPSA) is 56.9 Å². The van der Waals surface area contributed by atoms with Gasteiger partial charge >= 0.3 is 0 Å². The Kier molecular flexibility index (Phi) is 4.45. The lowest BCUT2D eigenvalue weighted by molar-refractivity contribution is -0.0394. The van der Waals surface area contributed by atoms with Crippen molar-refractivity contribution in [1.82, 2.24) is 24.6 Å². The summed E-state index contributed by atoms with van der Waals surface area (Å²) in [7, 11) is 0. The SMILES string of the molecule is C[C@H]1C[C@@H](Cn2ccc3nc(-c4cnn(C5CCCCO5)c4)ccc32)CN1. The van der Waals surface area contributed by atoms with E-state index in [0.717, 1.165) is 49.3 Å². The summed E-state index contributed by atoms with van der Waals surface area (Å²) in [5.74, 6) is 0.698. The molecule has 2 saturated heterocycles. The van der Waals surface area contributed by atoms with Gasteiger partial charge in [0.1, 0.15) is 6.23 Å². The molecule has 2 aliphatic rings. The molecule has 6 nitrogen and oxygen atoms in total. The van der Waals surface area contributed by atoms with E-state index in [0.29, 0.717) is 12.0 Å². The van der Waals surface area contributed by atoms with E-state index in [-0.39, 0.29) is 6.23 Å². The summed E-state index contributed by atoms with van der Waals surface area (Å²) < 4.78 is 10.1. The Morgan fingerprint density at radius 2 is 2.22 bits per heavy atom. The molecule has 3 aromatic heterocycles. The second kappa shape index (κ2) is 7.09. The third kappa shape index (κ3) is 3.39. The Bertz CT molecular complexity index is 924. The van der Waals surface area contributed by atoms with Crippen LogP contribution in [0.4, 0.5) is 0 Å². The van der Waals surface area contributed by atoms with Gasteiger partial charge in [-0.1, -0.05) is 0 Å². The molecule has 0 amide bonds. The summed E-state index contributed by atoms with van der Waals surface area (Å²) in [6.07, 6.45) is 10.8. The van der Waals surface area contributed by atoms with Crippen molar-refractivity contribution in [2.24, 2.45) is 5.92 Å². The summed E-state index contributed by atoms with van der Waals surface area (Å²) in [5.41, 5.74) is 4.28. The van der Waals surface area contributed by atoms with Crippen molar-refractivity contribution in [3.63, 3.8) is 0 Å². The molecule has 6 heteroatoms. The molecular formula is C21H27N5O. The Hall–Kier alpha value is -2.18. The minimum absolute atomic E-state index is 0.0692. The second-order valence-electron chi connectivity index (χ2n) is 8.01. The fraction of sp³-hybridized carbons (Fsp3) is 0.524. The highest BCUT2D eigenvalue weighted by molar-refractivity contribution is 5.79. The molecule has 1 unspecified atom stereocenters. The van der Waals surface area contributed by atoms with Gasteiger partial charge in [0.15, 0.2) is 0 Å². The molecule has 0 saturated carbocycles. The number of nitrogens with one attached hydrogen (secondary N) is 1. The van der Waals surface area contributed by atoms with Gasteiger partial charge in [-0.3, -0.25) is 0 Å². The van der Waals surface area contributed by atoms with Crippen molar-refractivity contribution in [2.75, 3.05) is 13.2 Å². The molecule has 3 aromatic rings. The summed E-state index contributed by atoms with van der Waals surface area (Å²) in [6.45, 7) is 5.25. The maximum absolute atomic E-state index is 5.83. The van der Waals surface area contributed by atoms with Crippen LogP contribution in [-0.2, 0) is 11.3 Å². The zero-order valence-electron chi connectivity index (χ0n) is 15.8. The summed E-state index contributed by atoms with van der Waals surface area (Å²) in [5, 5.41) is 8.06. The monoisotopic (exact) mass is 365 g/mol. The summed E-state index contributed by atoms with van der Waals surface area (Å²) >= 11 is 0. The zero-order chi connectivity index (χ0) is 18.2. The van der Waals surface area contributed by atoms with E-state index in [1.165, 1.54) is 18.4 Å². The van der Waals surface area contributed by atoms with Crippen molar-refractivity contribution in [3.05, 3.63) is 36.8 Å². The van der Waals surface area contributed by atoms with Crippen LogP contribution in [0.1, 0.15) is 38.8 Å². The number of rotatable bonds is 4. The van der Waals surface area contributed by atoms with E-state index in [9.17, 15) is 0 Å². The molecule has 0 radical (unpaired) electrons. The number of aromatic nitrogens is 4. The summed E-state index contributed by atoms with van der Waals surface area (Å²) in [6, 6.07) is 7.06. The molecule has 0 bridgehead atoms. The number of nitrogens with zero attached hydrogens (tertiary/aromatic N) is 4. The summed E-state index contributed by atoms with van der Waals surface area (Å²) in [4.78, 5) is 4.88. The average molecular weight is 365 g/mol. The lowest BCUT2D eigenvalue weighted by Crippen LogP contribution is -2.18. The predicted octanol–water partition coefficient (Wildman–Crippen LogP) is 3.60. The number of pyridine rings is 1. The highest BCUT2D eigenvalue weighted by Gasteiger charge is 2.21. The first-order chi connectivity index (χ1) is 13.3. The molecular weight excluding hydrogens is 338 g/mol. The molecule has 5 rings (SSSR count). The van der Waals surface area contributed by atoms with Gasteiger partial charge < -0.3 is 14.6 Å². The van der Waals surface area contributed by atoms with Gasteiger partial charge in [-0.15, -0.1) is 0 Å². The lowest BCUT2D eigenvalue weighted by Gasteiger charge is -2.22. The molecule has 1 N–H and O–H groups in total. The van der Waals surface area contributed by atoms with Crippen LogP contribution in [0.3, 0.4) is 0 Å². The van der Waals surface area contributed by atoms with Gasteiger partial charge in [-0.05, 0) is 63.3 Å². The van der Waals surface area contributed by atoms with Gasteiger partial charge in [-0.25, -0.2) is 9.67 Å². The molecule has 5 heterocycles. The van der Waals surface area contributed by atoms with E-state index in [4.69, 9.17) is 9.72 Å². The number of hydrogen-bond donors (Lipinski definition) is 1. The van der Waals surface area contributed by atoms with Crippen molar-refractivity contribution in [2.45, 2.75) is 51.4 Å². The Morgan fingerprint density at radius 1 is 1.26 bits per heavy atom. The largest absolute Gasteiger partial charge is 0.357 e. The van der Waals surface area contributed by atoms with Crippen molar-refractivity contribution < 1.29 is 4.74 Å². The third-order valence-corrected chi connectivity index (χ3v) is 5.87. The van der Waals surface area contributed by atoms with Gasteiger partial charge in [0.2, 0.25) is 0 Å². The minimum atomic E-state index is 0.0692. The Balaban J connectivity index is 1.36. The van der Waals surface area contributed by atoms with Crippen LogP contribution in [0.5, 0.6) is 0 Å². The van der Waals surface area contributed by atoms with E-state index in [2.05, 4.69) is 52.5 Å². The van der Waals surface area contributed by atoms with Crippen LogP contribution in [0.25, 0.3) is 22.3 Å². The van der Waals surface area contributed by atoms with Crippen LogP contribution in [0.15, 0.2) is 36.8 Å². The molecule has 142 valence electrons. The van der Waals surface area contributed by atoms with Crippen molar-refractivity contribution in [3.8, 4) is 11.3 Å². The van der Waals surface area contributed by atoms with E-state index >= 15 is 0 Å². The van der Waals surface area contributed by atoms with Crippen LogP contribution < -0.4 is 5.32 Å². The first-order valence-electron chi connectivity index (χ1n) is 10.1. The van der Waals surface area contributed by atoms with Crippen LogP contribution in [0.2, 0.25) is 0 Å². The van der Waals surface area contributed by atoms with E-state index < -0.39 is 0 Å². The lowest BCUT2D eigenvalue weighted by atomic mass is 10.1. The average Bonchev–Trinajstić information content (AvgIpc) is 3.43. The van der Waals surface area contributed by atoms with Crippen molar-refractivity contribution >= 4 is 11.0 Å². The maximum Gasteiger partial charge on any atom is 0.150 e. The molecule has 0 aromatic carbocycles. The number of hydrogen-bond acceptors (Lipinski definition) is 4. The van der Waals surface area contributed by atoms with Crippen LogP contribution in [-0.4, -0.2) is 38.5 Å². The first-order valence-corrected chi connectivity index (χ1v) is 10.1. The van der Waals surface area contributed by atoms with Gasteiger partial charge in [-0.2, -0.15) is 5.10 Å². The van der Waals surface area contributed by atoms with Crippen LogP contribution in [0, 0.1) is 5.92 Å². The Labute approximate surface area is 159 Å². The molecule has 2 fully saturated rings. The van der Waals surface area contributed by atoms with Gasteiger partial charge in [0.05, 0.1) is 22.9 Å². The number of fused-ring (bicyclic) bond motifs is 1. The fourth-order valence-electron chi connectivity index (χ4n) is 4.41. The smallest absolute Gasteiger partial charge is 0.150 e. The van der Waals surface area contributed by atoms with E-state index in [1.54, 1.807) is 0 Å². The minimum Gasteiger partial charge on any atom is -0.357 e. The molecule has 0 spiro atoms. The van der Waals surface area contributed by atoms with Crippen molar-refractivity contribution in [1.29, 1.82) is 0 Å². The maximum atomic E-state index is 5.83. The highest BCUT2D eigenvalue weighted by atomic mass is 16.5. The third-order valence-electron chi connectivity index (χ3n) is 5.87. The quantitative estimate of drug-likeness (QED) is 0.768. The van der Waals surface area contributed by atoms with Gasteiger partial charge in [0, 0.05) is 37.2 Å². The molecule has 3 atom stereocenters. The predicted molar refractivity (Wildman–Crippen MR) is 105 cm³/mol. The second-order valence-corrected chi connectivity index (χ2v) is 8.01. The normalized spacial score (nSPS) is 26.0. The van der Waals surface area contributed by atoms with Crippen LogP contribution >= 0.6 is 0 Å². The standard InChI is InChI=1S/C21H27N5O/c1-15-10-16(11-22-15)13-25-8-7-19-20(25)6-5-18(24-19)17-12-23-26(14-17)21-4-2-3-9-27-21/h5-8,12,14-16,21-22H,2-4,9-11,13H2,1H3/t15-,16+,21?/m0/s1. The zero-order valence-corrected chi connectivity index (χ0v) is 15.8. The number of ether oxygens (including phenoxy) is 1. The van der Waals surface area contributed by atoms with Gasteiger partial charge in [0.25, 0.3) is 0 Å². The first kappa shape index (κ1) is 17.0. The molecule has 2 aliphatic heterocycles. The highest BCUT2D eigenvalue weighted by Crippen LogP contribution is 2.26. The fourth-order valence-corrected chi connectivity index (χ4v) is 4.41. The Morgan fingerprint density at radius 3 is 3.04 bits per heavy atom. The molecule has 0 aliphatic carbocycles. The van der Waals surface area contributed by atoms with E-state index in [1.807, 2.05) is 10.9 Å². The molecule has 27 heavy (non-hydrogen) atoms.